The monoisotopic (exact) mass is 207 g/mol. The van der Waals surface area contributed by atoms with Crippen LogP contribution >= 0.6 is 11.3 Å². The van der Waals surface area contributed by atoms with Crippen LogP contribution < -0.4 is 5.73 Å². The summed E-state index contributed by atoms with van der Waals surface area (Å²) < 4.78 is 0. The summed E-state index contributed by atoms with van der Waals surface area (Å²) in [5, 5.41) is 2.27. The summed E-state index contributed by atoms with van der Waals surface area (Å²) in [4.78, 5) is 1.60. The quantitative estimate of drug-likeness (QED) is 0.792. The number of hydrogen-bond acceptors (Lipinski definition) is 2. The van der Waals surface area contributed by atoms with E-state index >= 15 is 0 Å². The van der Waals surface area contributed by atoms with Crippen molar-refractivity contribution in [2.45, 2.75) is 38.6 Å². The third-order valence-corrected chi connectivity index (χ3v) is 3.78. The number of hydrogen-bond donors (Lipinski definition) is 1. The summed E-state index contributed by atoms with van der Waals surface area (Å²) in [6.45, 7) is 2.01. The van der Waals surface area contributed by atoms with E-state index in [0.717, 1.165) is 0 Å². The zero-order chi connectivity index (χ0) is 9.97. The zero-order valence-corrected chi connectivity index (χ0v) is 9.44. The van der Waals surface area contributed by atoms with E-state index in [2.05, 4.69) is 17.5 Å². The van der Waals surface area contributed by atoms with Crippen molar-refractivity contribution in [3.63, 3.8) is 0 Å². The standard InChI is InChI=1S/C12H17NS/c1-9(13)6-7-10-8-14-12-5-3-2-4-11(10)12/h6-9H,2-5,13H2,1H3/b7-6+. The zero-order valence-electron chi connectivity index (χ0n) is 8.62. The minimum absolute atomic E-state index is 0.161. The maximum atomic E-state index is 5.70. The van der Waals surface area contributed by atoms with Crippen molar-refractivity contribution in [3.8, 4) is 0 Å². The van der Waals surface area contributed by atoms with Crippen LogP contribution in [0.1, 0.15) is 35.8 Å². The van der Waals surface area contributed by atoms with Gasteiger partial charge in [-0.05, 0) is 49.1 Å². The molecule has 1 aromatic heterocycles. The molecule has 0 amide bonds. The van der Waals surface area contributed by atoms with Gasteiger partial charge in [0.05, 0.1) is 0 Å². The molecule has 0 bridgehead atoms. The average Bonchev–Trinajstić information content (AvgIpc) is 2.58. The lowest BCUT2D eigenvalue weighted by molar-refractivity contribution is 0.696. The van der Waals surface area contributed by atoms with Crippen LogP contribution in [-0.2, 0) is 12.8 Å². The van der Waals surface area contributed by atoms with Crippen LogP contribution in [0.2, 0.25) is 0 Å². The number of rotatable bonds is 2. The normalized spacial score (nSPS) is 18.4. The topological polar surface area (TPSA) is 26.0 Å². The fourth-order valence-electron chi connectivity index (χ4n) is 1.91. The van der Waals surface area contributed by atoms with Crippen molar-refractivity contribution in [1.82, 2.24) is 0 Å². The molecule has 0 aliphatic heterocycles. The van der Waals surface area contributed by atoms with Crippen LogP contribution in [-0.4, -0.2) is 6.04 Å². The second-order valence-electron chi connectivity index (χ2n) is 4.02. The fourth-order valence-corrected chi connectivity index (χ4v) is 3.03. The Morgan fingerprint density at radius 1 is 1.43 bits per heavy atom. The molecule has 1 aliphatic carbocycles. The maximum Gasteiger partial charge on any atom is 0.0198 e. The molecule has 1 aliphatic rings. The van der Waals surface area contributed by atoms with E-state index in [0.29, 0.717) is 0 Å². The van der Waals surface area contributed by atoms with Gasteiger partial charge in [0.2, 0.25) is 0 Å². The summed E-state index contributed by atoms with van der Waals surface area (Å²) in [5.41, 5.74) is 8.69. The highest BCUT2D eigenvalue weighted by molar-refractivity contribution is 7.10. The Morgan fingerprint density at radius 2 is 2.21 bits per heavy atom. The lowest BCUT2D eigenvalue weighted by atomic mass is 9.95. The van der Waals surface area contributed by atoms with Gasteiger partial charge in [-0.15, -0.1) is 11.3 Å². The lowest BCUT2D eigenvalue weighted by Crippen LogP contribution is -2.10. The molecule has 0 aromatic carbocycles. The van der Waals surface area contributed by atoms with Gasteiger partial charge in [0, 0.05) is 10.9 Å². The fraction of sp³-hybridized carbons (Fsp3) is 0.500. The van der Waals surface area contributed by atoms with Crippen LogP contribution in [0.15, 0.2) is 11.5 Å². The van der Waals surface area contributed by atoms with Crippen LogP contribution in [0.25, 0.3) is 6.08 Å². The van der Waals surface area contributed by atoms with Gasteiger partial charge >= 0.3 is 0 Å². The van der Waals surface area contributed by atoms with Crippen molar-refractivity contribution in [1.29, 1.82) is 0 Å². The minimum Gasteiger partial charge on any atom is -0.325 e. The maximum absolute atomic E-state index is 5.70. The van der Waals surface area contributed by atoms with Crippen LogP contribution in [0.3, 0.4) is 0 Å². The molecule has 76 valence electrons. The molecular formula is C12H17NS. The van der Waals surface area contributed by atoms with Crippen LogP contribution in [0, 0.1) is 0 Å². The van der Waals surface area contributed by atoms with Crippen molar-refractivity contribution in [2.75, 3.05) is 0 Å². The van der Waals surface area contributed by atoms with Gasteiger partial charge in [-0.2, -0.15) is 0 Å². The smallest absolute Gasteiger partial charge is 0.0198 e. The highest BCUT2D eigenvalue weighted by atomic mass is 32.1. The summed E-state index contributed by atoms with van der Waals surface area (Å²) in [6, 6.07) is 0.161. The first-order valence-corrected chi connectivity index (χ1v) is 6.18. The molecule has 2 rings (SSSR count). The van der Waals surface area contributed by atoms with E-state index < -0.39 is 0 Å². The first-order valence-electron chi connectivity index (χ1n) is 5.30. The summed E-state index contributed by atoms with van der Waals surface area (Å²) in [5.74, 6) is 0. The Labute approximate surface area is 89.6 Å². The third-order valence-electron chi connectivity index (χ3n) is 2.67. The Balaban J connectivity index is 2.22. The van der Waals surface area contributed by atoms with E-state index in [4.69, 9.17) is 5.73 Å². The first-order chi connectivity index (χ1) is 6.77. The Kier molecular flexibility index (Phi) is 3.04. The summed E-state index contributed by atoms with van der Waals surface area (Å²) >= 11 is 1.91. The van der Waals surface area contributed by atoms with Gasteiger partial charge in [0.1, 0.15) is 0 Å². The second-order valence-corrected chi connectivity index (χ2v) is 4.98. The van der Waals surface area contributed by atoms with E-state index in [9.17, 15) is 0 Å². The van der Waals surface area contributed by atoms with Crippen LogP contribution in [0.5, 0.6) is 0 Å². The molecule has 0 saturated carbocycles. The molecule has 2 heteroatoms. The van der Waals surface area contributed by atoms with Gasteiger partial charge in [0.15, 0.2) is 0 Å². The molecule has 1 aromatic rings. The van der Waals surface area contributed by atoms with Crippen LogP contribution in [0.4, 0.5) is 0 Å². The van der Waals surface area contributed by atoms with Gasteiger partial charge in [-0.25, -0.2) is 0 Å². The van der Waals surface area contributed by atoms with Gasteiger partial charge in [-0.1, -0.05) is 12.2 Å². The molecule has 1 atom stereocenters. The number of thiophene rings is 1. The minimum atomic E-state index is 0.161. The molecule has 0 saturated heterocycles. The van der Waals surface area contributed by atoms with Gasteiger partial charge in [0.25, 0.3) is 0 Å². The Hall–Kier alpha value is -0.600. The van der Waals surface area contributed by atoms with Crippen molar-refractivity contribution in [3.05, 3.63) is 27.5 Å². The summed E-state index contributed by atoms with van der Waals surface area (Å²) in [6.07, 6.45) is 9.53. The number of fused-ring (bicyclic) bond motifs is 1. The van der Waals surface area contributed by atoms with Crippen molar-refractivity contribution < 1.29 is 0 Å². The average molecular weight is 207 g/mol. The predicted octanol–water partition coefficient (Wildman–Crippen LogP) is 2.99. The molecular weight excluding hydrogens is 190 g/mol. The molecule has 1 unspecified atom stereocenters. The largest absolute Gasteiger partial charge is 0.325 e. The molecule has 0 fully saturated rings. The van der Waals surface area contributed by atoms with Crippen molar-refractivity contribution in [2.24, 2.45) is 5.73 Å². The third kappa shape index (κ3) is 2.07. The van der Waals surface area contributed by atoms with Gasteiger partial charge < -0.3 is 5.73 Å². The van der Waals surface area contributed by atoms with Crippen molar-refractivity contribution >= 4 is 17.4 Å². The van der Waals surface area contributed by atoms with E-state index in [1.54, 1.807) is 10.4 Å². The molecule has 0 radical (unpaired) electrons. The molecule has 1 heterocycles. The Morgan fingerprint density at radius 3 is 3.00 bits per heavy atom. The highest BCUT2D eigenvalue weighted by Gasteiger charge is 2.13. The predicted molar refractivity (Wildman–Crippen MR) is 63.6 cm³/mol. The van der Waals surface area contributed by atoms with Gasteiger partial charge in [-0.3, -0.25) is 0 Å². The lowest BCUT2D eigenvalue weighted by Gasteiger charge is -2.11. The second kappa shape index (κ2) is 4.28. The van der Waals surface area contributed by atoms with E-state index in [1.165, 1.54) is 31.2 Å². The van der Waals surface area contributed by atoms with E-state index in [-0.39, 0.29) is 6.04 Å². The first kappa shape index (κ1) is 9.94. The number of aryl methyl sites for hydroxylation is 1. The summed E-state index contributed by atoms with van der Waals surface area (Å²) in [7, 11) is 0. The molecule has 1 nitrogen and oxygen atoms in total. The molecule has 0 spiro atoms. The van der Waals surface area contributed by atoms with E-state index in [1.807, 2.05) is 18.3 Å². The molecule has 2 N–H and O–H groups in total. The Bertz CT molecular complexity index is 336. The highest BCUT2D eigenvalue weighted by Crippen LogP contribution is 2.30. The number of nitrogens with two attached hydrogens (primary N) is 1. The SMILES string of the molecule is CC(N)/C=C/c1csc2c1CCCC2. The molecule has 14 heavy (non-hydrogen) atoms.